The van der Waals surface area contributed by atoms with Crippen LogP contribution in [0, 0.1) is 5.92 Å². The summed E-state index contributed by atoms with van der Waals surface area (Å²) in [5.41, 5.74) is 6.19. The number of rotatable bonds is 7. The molecular formula is C12H21N3O. The molecule has 0 fully saturated rings. The Morgan fingerprint density at radius 1 is 1.56 bits per heavy atom. The second kappa shape index (κ2) is 6.43. The molecule has 0 spiro atoms. The van der Waals surface area contributed by atoms with Gasteiger partial charge in [0, 0.05) is 19.2 Å². The van der Waals surface area contributed by atoms with Crippen LogP contribution < -0.4 is 5.73 Å². The zero-order valence-electron chi connectivity index (χ0n) is 10.1. The maximum Gasteiger partial charge on any atom is 0.166 e. The summed E-state index contributed by atoms with van der Waals surface area (Å²) in [5, 5.41) is 4.10. The van der Waals surface area contributed by atoms with Crippen LogP contribution in [0.3, 0.4) is 0 Å². The molecule has 16 heavy (non-hydrogen) atoms. The predicted octanol–water partition coefficient (Wildman–Crippen LogP) is 1.85. The fourth-order valence-electron chi connectivity index (χ4n) is 1.63. The molecule has 0 radical (unpaired) electrons. The van der Waals surface area contributed by atoms with E-state index in [0.29, 0.717) is 18.9 Å². The molecule has 1 aromatic heterocycles. The van der Waals surface area contributed by atoms with Gasteiger partial charge in [0.25, 0.3) is 0 Å². The molecule has 1 rings (SSSR count). The van der Waals surface area contributed by atoms with Crippen LogP contribution in [0.5, 0.6) is 0 Å². The van der Waals surface area contributed by atoms with Crippen molar-refractivity contribution in [3.63, 3.8) is 0 Å². The zero-order valence-corrected chi connectivity index (χ0v) is 10.1. The lowest BCUT2D eigenvalue weighted by Gasteiger charge is -2.07. The highest BCUT2D eigenvalue weighted by Crippen LogP contribution is 2.12. The zero-order chi connectivity index (χ0) is 12.0. The van der Waals surface area contributed by atoms with Crippen LogP contribution in [0.15, 0.2) is 12.4 Å². The number of nitrogens with zero attached hydrogens (tertiary/aromatic N) is 2. The highest BCUT2D eigenvalue weighted by Gasteiger charge is 2.10. The largest absolute Gasteiger partial charge is 0.330 e. The minimum atomic E-state index is 0.184. The van der Waals surface area contributed by atoms with Gasteiger partial charge < -0.3 is 5.73 Å². The minimum absolute atomic E-state index is 0.184. The van der Waals surface area contributed by atoms with Gasteiger partial charge in [0.15, 0.2) is 5.78 Å². The van der Waals surface area contributed by atoms with Crippen LogP contribution >= 0.6 is 0 Å². The number of ketones is 1. The number of aryl methyl sites for hydroxylation is 1. The van der Waals surface area contributed by atoms with Crippen LogP contribution in [-0.4, -0.2) is 22.1 Å². The van der Waals surface area contributed by atoms with Gasteiger partial charge in [0.2, 0.25) is 0 Å². The molecule has 0 amide bonds. The van der Waals surface area contributed by atoms with Crippen molar-refractivity contribution >= 4 is 5.78 Å². The first-order valence-corrected chi connectivity index (χ1v) is 5.93. The van der Waals surface area contributed by atoms with E-state index in [1.807, 2.05) is 13.1 Å². The molecule has 90 valence electrons. The molecule has 0 saturated heterocycles. The van der Waals surface area contributed by atoms with E-state index >= 15 is 0 Å². The fraction of sp³-hybridized carbons (Fsp3) is 0.667. The Balaban J connectivity index is 2.40. The Kier molecular flexibility index (Phi) is 5.19. The Labute approximate surface area is 96.8 Å². The average Bonchev–Trinajstić information content (AvgIpc) is 2.75. The number of nitrogens with two attached hydrogens (primary N) is 1. The first-order chi connectivity index (χ1) is 7.67. The SMILES string of the molecule is CCn1cc(C(=O)CCC(C)CCN)cn1. The van der Waals surface area contributed by atoms with Crippen molar-refractivity contribution in [1.82, 2.24) is 9.78 Å². The molecule has 0 aliphatic carbocycles. The van der Waals surface area contributed by atoms with Crippen molar-refractivity contribution in [2.45, 2.75) is 39.7 Å². The summed E-state index contributed by atoms with van der Waals surface area (Å²) in [7, 11) is 0. The Morgan fingerprint density at radius 3 is 2.88 bits per heavy atom. The van der Waals surface area contributed by atoms with Gasteiger partial charge in [0.1, 0.15) is 0 Å². The smallest absolute Gasteiger partial charge is 0.166 e. The topological polar surface area (TPSA) is 60.9 Å². The quantitative estimate of drug-likeness (QED) is 0.718. The summed E-state index contributed by atoms with van der Waals surface area (Å²) < 4.78 is 1.77. The molecule has 1 aromatic rings. The van der Waals surface area contributed by atoms with Gasteiger partial charge in [-0.05, 0) is 32.2 Å². The fourth-order valence-corrected chi connectivity index (χ4v) is 1.63. The summed E-state index contributed by atoms with van der Waals surface area (Å²) in [6.07, 6.45) is 5.96. The number of carbonyl (C=O) groups is 1. The summed E-state index contributed by atoms with van der Waals surface area (Å²) >= 11 is 0. The van der Waals surface area contributed by atoms with Crippen molar-refractivity contribution in [2.75, 3.05) is 6.54 Å². The van der Waals surface area contributed by atoms with Gasteiger partial charge in [-0.2, -0.15) is 5.10 Å². The van der Waals surface area contributed by atoms with E-state index < -0.39 is 0 Å². The highest BCUT2D eigenvalue weighted by atomic mass is 16.1. The second-order valence-corrected chi connectivity index (χ2v) is 4.23. The molecule has 0 bridgehead atoms. The third kappa shape index (κ3) is 3.77. The Morgan fingerprint density at radius 2 is 2.31 bits per heavy atom. The van der Waals surface area contributed by atoms with E-state index in [9.17, 15) is 4.79 Å². The van der Waals surface area contributed by atoms with E-state index in [4.69, 9.17) is 5.73 Å². The van der Waals surface area contributed by atoms with E-state index in [0.717, 1.165) is 24.9 Å². The van der Waals surface area contributed by atoms with Gasteiger partial charge in [-0.3, -0.25) is 9.48 Å². The average molecular weight is 223 g/mol. The highest BCUT2D eigenvalue weighted by molar-refractivity contribution is 5.95. The molecule has 0 aliphatic rings. The summed E-state index contributed by atoms with van der Waals surface area (Å²) in [4.78, 5) is 11.8. The molecule has 1 heterocycles. The van der Waals surface area contributed by atoms with Crippen LogP contribution in [-0.2, 0) is 6.54 Å². The molecule has 4 nitrogen and oxygen atoms in total. The number of Topliss-reactive ketones (excluding diaryl/α,β-unsaturated/α-hetero) is 1. The first-order valence-electron chi connectivity index (χ1n) is 5.93. The van der Waals surface area contributed by atoms with Crippen molar-refractivity contribution in [3.8, 4) is 0 Å². The van der Waals surface area contributed by atoms with E-state index in [2.05, 4.69) is 12.0 Å². The van der Waals surface area contributed by atoms with Crippen LogP contribution in [0.4, 0.5) is 0 Å². The minimum Gasteiger partial charge on any atom is -0.330 e. The van der Waals surface area contributed by atoms with E-state index in [1.165, 1.54) is 0 Å². The number of carbonyl (C=O) groups excluding carboxylic acids is 1. The van der Waals surface area contributed by atoms with Crippen molar-refractivity contribution < 1.29 is 4.79 Å². The number of hydrogen-bond acceptors (Lipinski definition) is 3. The number of hydrogen-bond donors (Lipinski definition) is 1. The maximum absolute atomic E-state index is 11.8. The lowest BCUT2D eigenvalue weighted by Crippen LogP contribution is -2.08. The predicted molar refractivity (Wildman–Crippen MR) is 64.3 cm³/mol. The third-order valence-electron chi connectivity index (χ3n) is 2.80. The summed E-state index contributed by atoms with van der Waals surface area (Å²) in [6.45, 7) is 5.64. The van der Waals surface area contributed by atoms with E-state index in [-0.39, 0.29) is 5.78 Å². The van der Waals surface area contributed by atoms with E-state index in [1.54, 1.807) is 10.9 Å². The van der Waals surface area contributed by atoms with Gasteiger partial charge >= 0.3 is 0 Å². The van der Waals surface area contributed by atoms with Crippen molar-refractivity contribution in [3.05, 3.63) is 18.0 Å². The second-order valence-electron chi connectivity index (χ2n) is 4.23. The van der Waals surface area contributed by atoms with Gasteiger partial charge in [-0.15, -0.1) is 0 Å². The van der Waals surface area contributed by atoms with Crippen LogP contribution in [0.1, 0.15) is 43.5 Å². The molecule has 0 saturated carbocycles. The van der Waals surface area contributed by atoms with Gasteiger partial charge in [0.05, 0.1) is 11.8 Å². The molecule has 4 heteroatoms. The monoisotopic (exact) mass is 223 g/mol. The Bertz CT molecular complexity index is 333. The first kappa shape index (κ1) is 12.9. The maximum atomic E-state index is 11.8. The van der Waals surface area contributed by atoms with Crippen LogP contribution in [0.25, 0.3) is 0 Å². The summed E-state index contributed by atoms with van der Waals surface area (Å²) in [6, 6.07) is 0. The number of aromatic nitrogens is 2. The molecule has 2 N–H and O–H groups in total. The lowest BCUT2D eigenvalue weighted by atomic mass is 9.99. The van der Waals surface area contributed by atoms with Crippen molar-refractivity contribution in [1.29, 1.82) is 0 Å². The molecule has 1 atom stereocenters. The van der Waals surface area contributed by atoms with Gasteiger partial charge in [-0.25, -0.2) is 0 Å². The molecular weight excluding hydrogens is 202 g/mol. The lowest BCUT2D eigenvalue weighted by molar-refractivity contribution is 0.0974. The standard InChI is InChI=1S/C12H21N3O/c1-3-15-9-11(8-14-15)12(16)5-4-10(2)6-7-13/h8-10H,3-7,13H2,1-2H3. The molecule has 0 aromatic carbocycles. The third-order valence-corrected chi connectivity index (χ3v) is 2.80. The summed E-state index contributed by atoms with van der Waals surface area (Å²) in [5.74, 6) is 0.707. The van der Waals surface area contributed by atoms with Crippen LogP contribution in [0.2, 0.25) is 0 Å². The molecule has 0 aliphatic heterocycles. The Hall–Kier alpha value is -1.16. The normalized spacial score (nSPS) is 12.7. The van der Waals surface area contributed by atoms with Crippen molar-refractivity contribution in [2.24, 2.45) is 11.7 Å². The molecule has 1 unspecified atom stereocenters. The van der Waals surface area contributed by atoms with Gasteiger partial charge in [-0.1, -0.05) is 6.92 Å².